The highest BCUT2D eigenvalue weighted by atomic mass is 16.3. The molecule has 104 valence electrons. The lowest BCUT2D eigenvalue weighted by Crippen LogP contribution is -2.35. The quantitative estimate of drug-likeness (QED) is 0.874. The van der Waals surface area contributed by atoms with Crippen molar-refractivity contribution < 1.29 is 15.0 Å². The van der Waals surface area contributed by atoms with Crippen LogP contribution in [0.2, 0.25) is 0 Å². The summed E-state index contributed by atoms with van der Waals surface area (Å²) in [5.74, 6) is 0.190. The van der Waals surface area contributed by atoms with Crippen molar-refractivity contribution in [1.29, 1.82) is 0 Å². The van der Waals surface area contributed by atoms with Gasteiger partial charge in [-0.15, -0.1) is 0 Å². The Balaban J connectivity index is 1.90. The first kappa shape index (κ1) is 13.9. The van der Waals surface area contributed by atoms with Crippen LogP contribution in [0.1, 0.15) is 37.7 Å². The van der Waals surface area contributed by atoms with Crippen LogP contribution in [0.4, 0.5) is 0 Å². The summed E-state index contributed by atoms with van der Waals surface area (Å²) < 4.78 is 0. The number of aromatic hydroxyl groups is 1. The molecular weight excluding hydrogens is 242 g/mol. The Bertz CT molecular complexity index is 435. The molecule has 1 aliphatic rings. The van der Waals surface area contributed by atoms with Gasteiger partial charge in [-0.05, 0) is 30.5 Å². The maximum atomic E-state index is 12.1. The number of carbonyl (C=O) groups is 1. The fourth-order valence-electron chi connectivity index (χ4n) is 2.59. The van der Waals surface area contributed by atoms with Crippen LogP contribution in [0, 0.1) is 0 Å². The fraction of sp³-hybridized carbons (Fsp3) is 0.533. The summed E-state index contributed by atoms with van der Waals surface area (Å²) in [5, 5.41) is 19.4. The number of hydrogen-bond acceptors (Lipinski definition) is 3. The lowest BCUT2D eigenvalue weighted by atomic mass is 9.97. The molecule has 1 aromatic carbocycles. The highest BCUT2D eigenvalue weighted by Crippen LogP contribution is 2.32. The number of rotatable bonds is 4. The number of nitrogens with zero attached hydrogens (tertiary/aromatic N) is 1. The van der Waals surface area contributed by atoms with Crippen LogP contribution >= 0.6 is 0 Å². The molecule has 4 heteroatoms. The molecule has 0 heterocycles. The minimum Gasteiger partial charge on any atom is -0.508 e. The number of hydrogen-bond donors (Lipinski definition) is 2. The lowest BCUT2D eigenvalue weighted by molar-refractivity contribution is -0.135. The third-order valence-electron chi connectivity index (χ3n) is 3.80. The second-order valence-corrected chi connectivity index (χ2v) is 5.52. The third-order valence-corrected chi connectivity index (χ3v) is 3.80. The monoisotopic (exact) mass is 263 g/mol. The first-order valence-corrected chi connectivity index (χ1v) is 6.73. The van der Waals surface area contributed by atoms with E-state index in [4.69, 9.17) is 0 Å². The fourth-order valence-corrected chi connectivity index (χ4v) is 2.59. The lowest BCUT2D eigenvalue weighted by Gasteiger charge is -2.25. The molecule has 4 nitrogen and oxygen atoms in total. The molecule has 1 aliphatic carbocycles. The average molecular weight is 263 g/mol. The van der Waals surface area contributed by atoms with E-state index in [9.17, 15) is 15.0 Å². The number of carbonyl (C=O) groups excluding carboxylic acids is 1. The molecule has 0 aromatic heterocycles. The number of aliphatic hydroxyl groups is 1. The van der Waals surface area contributed by atoms with Crippen molar-refractivity contribution in [3.63, 3.8) is 0 Å². The zero-order valence-electron chi connectivity index (χ0n) is 11.3. The molecule has 0 atom stereocenters. The molecule has 1 saturated carbocycles. The van der Waals surface area contributed by atoms with E-state index in [0.29, 0.717) is 6.54 Å². The van der Waals surface area contributed by atoms with Gasteiger partial charge in [0.25, 0.3) is 0 Å². The summed E-state index contributed by atoms with van der Waals surface area (Å²) in [6.45, 7) is 0.495. The molecule has 1 amide bonds. The van der Waals surface area contributed by atoms with E-state index in [1.165, 1.54) is 0 Å². The molecule has 0 saturated heterocycles. The smallest absolute Gasteiger partial charge is 0.225 e. The first-order valence-electron chi connectivity index (χ1n) is 6.73. The maximum Gasteiger partial charge on any atom is 0.225 e. The van der Waals surface area contributed by atoms with Crippen LogP contribution in [0.3, 0.4) is 0 Å². The standard InChI is InChI=1S/C15H21NO3/c1-16(11-12-4-6-13(17)7-5-12)14(18)10-15(19)8-2-3-9-15/h4-7,17,19H,2-3,8-11H2,1H3. The van der Waals surface area contributed by atoms with Gasteiger partial charge in [0, 0.05) is 13.6 Å². The SMILES string of the molecule is CN(Cc1ccc(O)cc1)C(=O)CC1(O)CCCC1. The Kier molecular flexibility index (Phi) is 4.10. The van der Waals surface area contributed by atoms with Gasteiger partial charge in [-0.2, -0.15) is 0 Å². The normalized spacial score (nSPS) is 17.4. The summed E-state index contributed by atoms with van der Waals surface area (Å²) in [7, 11) is 1.74. The minimum atomic E-state index is -0.791. The van der Waals surface area contributed by atoms with E-state index < -0.39 is 5.60 Å². The van der Waals surface area contributed by atoms with Gasteiger partial charge in [0.15, 0.2) is 0 Å². The third kappa shape index (κ3) is 3.70. The second kappa shape index (κ2) is 5.61. The summed E-state index contributed by atoms with van der Waals surface area (Å²) in [5.41, 5.74) is 0.174. The first-order chi connectivity index (χ1) is 8.98. The van der Waals surface area contributed by atoms with E-state index in [2.05, 4.69) is 0 Å². The van der Waals surface area contributed by atoms with E-state index in [1.54, 1.807) is 36.2 Å². The number of benzene rings is 1. The second-order valence-electron chi connectivity index (χ2n) is 5.52. The highest BCUT2D eigenvalue weighted by Gasteiger charge is 2.34. The van der Waals surface area contributed by atoms with Gasteiger partial charge in [-0.3, -0.25) is 4.79 Å². The average Bonchev–Trinajstić information content (AvgIpc) is 2.78. The zero-order valence-corrected chi connectivity index (χ0v) is 11.3. The van der Waals surface area contributed by atoms with Gasteiger partial charge >= 0.3 is 0 Å². The molecule has 0 spiro atoms. The van der Waals surface area contributed by atoms with Crippen molar-refractivity contribution in [2.45, 2.75) is 44.2 Å². The van der Waals surface area contributed by atoms with Crippen molar-refractivity contribution in [1.82, 2.24) is 4.90 Å². The van der Waals surface area contributed by atoms with Crippen molar-refractivity contribution in [2.75, 3.05) is 7.05 Å². The van der Waals surface area contributed by atoms with Crippen LogP contribution in [0.15, 0.2) is 24.3 Å². The van der Waals surface area contributed by atoms with Gasteiger partial charge in [-0.25, -0.2) is 0 Å². The summed E-state index contributed by atoms with van der Waals surface area (Å²) in [6, 6.07) is 6.81. The molecule has 2 N–H and O–H groups in total. The van der Waals surface area contributed by atoms with Crippen LogP contribution < -0.4 is 0 Å². The Morgan fingerprint density at radius 2 is 1.84 bits per heavy atom. The van der Waals surface area contributed by atoms with Crippen LogP contribution in [-0.4, -0.2) is 33.7 Å². The van der Waals surface area contributed by atoms with E-state index >= 15 is 0 Å². The van der Waals surface area contributed by atoms with Crippen LogP contribution in [0.5, 0.6) is 5.75 Å². The number of phenolic OH excluding ortho intramolecular Hbond substituents is 1. The van der Waals surface area contributed by atoms with E-state index in [-0.39, 0.29) is 18.1 Å². The topological polar surface area (TPSA) is 60.8 Å². The molecular formula is C15H21NO3. The van der Waals surface area contributed by atoms with Crippen LogP contribution in [-0.2, 0) is 11.3 Å². The van der Waals surface area contributed by atoms with Crippen molar-refractivity contribution in [2.24, 2.45) is 0 Å². The van der Waals surface area contributed by atoms with Crippen molar-refractivity contribution >= 4 is 5.91 Å². The van der Waals surface area contributed by atoms with Gasteiger partial charge < -0.3 is 15.1 Å². The molecule has 2 rings (SSSR count). The Morgan fingerprint density at radius 3 is 2.42 bits per heavy atom. The van der Waals surface area contributed by atoms with E-state index in [1.807, 2.05) is 0 Å². The van der Waals surface area contributed by atoms with Gasteiger partial charge in [0.05, 0.1) is 12.0 Å². The summed E-state index contributed by atoms with van der Waals surface area (Å²) in [4.78, 5) is 13.7. The molecule has 1 aromatic rings. The molecule has 0 unspecified atom stereocenters. The van der Waals surface area contributed by atoms with Gasteiger partial charge in [0.2, 0.25) is 5.91 Å². The Morgan fingerprint density at radius 1 is 1.26 bits per heavy atom. The highest BCUT2D eigenvalue weighted by molar-refractivity contribution is 5.77. The molecule has 1 fully saturated rings. The van der Waals surface area contributed by atoms with Gasteiger partial charge in [-0.1, -0.05) is 25.0 Å². The summed E-state index contributed by atoms with van der Waals surface area (Å²) in [6.07, 6.45) is 3.68. The number of amides is 1. The molecule has 19 heavy (non-hydrogen) atoms. The molecule has 0 bridgehead atoms. The van der Waals surface area contributed by atoms with Gasteiger partial charge in [0.1, 0.15) is 5.75 Å². The van der Waals surface area contributed by atoms with Crippen molar-refractivity contribution in [3.8, 4) is 5.75 Å². The maximum absolute atomic E-state index is 12.1. The van der Waals surface area contributed by atoms with Crippen LogP contribution in [0.25, 0.3) is 0 Å². The predicted molar refractivity (Wildman–Crippen MR) is 72.6 cm³/mol. The van der Waals surface area contributed by atoms with E-state index in [0.717, 1.165) is 31.2 Å². The van der Waals surface area contributed by atoms with Crippen molar-refractivity contribution in [3.05, 3.63) is 29.8 Å². The molecule has 0 radical (unpaired) electrons. The molecule has 0 aliphatic heterocycles. The minimum absolute atomic E-state index is 0.0301. The largest absolute Gasteiger partial charge is 0.508 e. The zero-order chi connectivity index (χ0) is 13.9. The Labute approximate surface area is 113 Å². The summed E-state index contributed by atoms with van der Waals surface area (Å²) >= 11 is 0. The Hall–Kier alpha value is -1.55. The predicted octanol–water partition coefficient (Wildman–Crippen LogP) is 2.05. The number of phenols is 1.